The Hall–Kier alpha value is -0.210. The monoisotopic (exact) mass is 398 g/mol. The molecule has 2 aliphatic heterocycles. The third-order valence-corrected chi connectivity index (χ3v) is 5.59. The number of hydrogen-bond donors (Lipinski definition) is 2. The second-order valence-electron chi connectivity index (χ2n) is 6.43. The summed E-state index contributed by atoms with van der Waals surface area (Å²) in [7, 11) is 0. The van der Waals surface area contributed by atoms with Gasteiger partial charge < -0.3 is 15.5 Å². The summed E-state index contributed by atoms with van der Waals surface area (Å²) in [6.45, 7) is 4.57. The molecule has 0 aromatic carbocycles. The van der Waals surface area contributed by atoms with Gasteiger partial charge in [-0.05, 0) is 12.8 Å². The molecule has 2 N–H and O–H groups in total. The zero-order valence-corrected chi connectivity index (χ0v) is 16.3. The Labute approximate surface area is 160 Å². The summed E-state index contributed by atoms with van der Waals surface area (Å²) >= 11 is 1.92. The molecule has 0 aromatic rings. The summed E-state index contributed by atoms with van der Waals surface area (Å²) in [6, 6.07) is 0.754. The molecule has 1 saturated carbocycles. The van der Waals surface area contributed by atoms with Gasteiger partial charge in [0.25, 0.3) is 0 Å². The van der Waals surface area contributed by atoms with Crippen molar-refractivity contribution >= 4 is 48.4 Å². The number of rotatable bonds is 5. The van der Waals surface area contributed by atoms with Crippen LogP contribution in [0.25, 0.3) is 0 Å². The Morgan fingerprint density at radius 2 is 1.83 bits per heavy atom. The second kappa shape index (κ2) is 10.7. The number of hydrogen-bond acceptors (Lipinski definition) is 5. The van der Waals surface area contributed by atoms with Crippen molar-refractivity contribution in [3.05, 3.63) is 0 Å². The molecule has 3 rings (SSSR count). The lowest BCUT2D eigenvalue weighted by atomic mass is 10.2. The van der Waals surface area contributed by atoms with Gasteiger partial charge in [0.05, 0.1) is 6.54 Å². The van der Waals surface area contributed by atoms with Gasteiger partial charge in [0.2, 0.25) is 11.8 Å². The van der Waals surface area contributed by atoms with Gasteiger partial charge in [-0.15, -0.1) is 24.8 Å². The normalized spacial score (nSPS) is 24.5. The van der Waals surface area contributed by atoms with E-state index in [2.05, 4.69) is 15.5 Å². The topological polar surface area (TPSA) is 64.7 Å². The highest BCUT2D eigenvalue weighted by Gasteiger charge is 2.27. The van der Waals surface area contributed by atoms with E-state index in [1.54, 1.807) is 0 Å². The first-order chi connectivity index (χ1) is 10.7. The summed E-state index contributed by atoms with van der Waals surface area (Å²) in [4.78, 5) is 28.2. The zero-order chi connectivity index (χ0) is 15.4. The van der Waals surface area contributed by atoms with Gasteiger partial charge in [-0.2, -0.15) is 11.8 Å². The Morgan fingerprint density at radius 3 is 2.42 bits per heavy atom. The first kappa shape index (κ1) is 21.8. The molecule has 140 valence electrons. The highest BCUT2D eigenvalue weighted by molar-refractivity contribution is 7.99. The highest BCUT2D eigenvalue weighted by Crippen LogP contribution is 2.18. The Bertz CT molecular complexity index is 412. The van der Waals surface area contributed by atoms with Crippen molar-refractivity contribution in [3.8, 4) is 0 Å². The molecule has 0 spiro atoms. The van der Waals surface area contributed by atoms with Gasteiger partial charge in [-0.3, -0.25) is 14.5 Å². The summed E-state index contributed by atoms with van der Waals surface area (Å²) in [5.74, 6) is 2.56. The van der Waals surface area contributed by atoms with E-state index in [0.29, 0.717) is 25.0 Å². The van der Waals surface area contributed by atoms with Gasteiger partial charge in [-0.25, -0.2) is 0 Å². The lowest BCUT2D eigenvalue weighted by Crippen LogP contribution is -2.52. The molecule has 1 atom stereocenters. The van der Waals surface area contributed by atoms with Gasteiger partial charge in [0.15, 0.2) is 0 Å². The van der Waals surface area contributed by atoms with Crippen LogP contribution in [0.4, 0.5) is 0 Å². The fraction of sp³-hybridized carbons (Fsp3) is 0.867. The molecule has 2 heterocycles. The van der Waals surface area contributed by atoms with E-state index >= 15 is 0 Å². The van der Waals surface area contributed by atoms with Gasteiger partial charge >= 0.3 is 0 Å². The molecule has 1 aliphatic carbocycles. The third kappa shape index (κ3) is 6.96. The van der Waals surface area contributed by atoms with E-state index in [9.17, 15) is 9.59 Å². The lowest BCUT2D eigenvalue weighted by Gasteiger charge is -2.35. The molecule has 24 heavy (non-hydrogen) atoms. The van der Waals surface area contributed by atoms with Crippen LogP contribution in [-0.4, -0.2) is 84.5 Å². The molecule has 0 aromatic heterocycles. The quantitative estimate of drug-likeness (QED) is 0.699. The SMILES string of the molecule is Cl.Cl.O=C(CN1CCN(C(=O)CC2CSCCN2)CC1)NC1CC1. The molecule has 3 aliphatic rings. The third-order valence-electron chi connectivity index (χ3n) is 4.45. The van der Waals surface area contributed by atoms with Crippen molar-refractivity contribution in [2.45, 2.75) is 31.3 Å². The van der Waals surface area contributed by atoms with Crippen LogP contribution in [0.5, 0.6) is 0 Å². The van der Waals surface area contributed by atoms with Crippen molar-refractivity contribution in [3.63, 3.8) is 0 Å². The standard InChI is InChI=1S/C15H26N4O2S.2ClH/c20-14(17-12-1-2-12)10-18-4-6-19(7-5-18)15(21)9-13-11-22-8-3-16-13;;/h12-13,16H,1-11H2,(H,17,20);2*1H. The maximum Gasteiger partial charge on any atom is 0.234 e. The number of nitrogens with zero attached hydrogens (tertiary/aromatic N) is 2. The smallest absolute Gasteiger partial charge is 0.234 e. The molecular weight excluding hydrogens is 371 g/mol. The largest absolute Gasteiger partial charge is 0.352 e. The number of thioether (sulfide) groups is 1. The Balaban J connectivity index is 0.00000144. The van der Waals surface area contributed by atoms with Gasteiger partial charge in [-0.1, -0.05) is 0 Å². The minimum absolute atomic E-state index is 0. The lowest BCUT2D eigenvalue weighted by molar-refractivity contribution is -0.133. The number of halogens is 2. The maximum absolute atomic E-state index is 12.3. The summed E-state index contributed by atoms with van der Waals surface area (Å²) < 4.78 is 0. The van der Waals surface area contributed by atoms with E-state index in [0.717, 1.165) is 57.1 Å². The van der Waals surface area contributed by atoms with Crippen LogP contribution in [0.2, 0.25) is 0 Å². The van der Waals surface area contributed by atoms with E-state index in [1.165, 1.54) is 0 Å². The number of carbonyl (C=O) groups excluding carboxylic acids is 2. The fourth-order valence-corrected chi connectivity index (χ4v) is 3.90. The molecule has 2 amide bonds. The van der Waals surface area contributed by atoms with Crippen molar-refractivity contribution in [2.75, 3.05) is 50.8 Å². The van der Waals surface area contributed by atoms with Crippen molar-refractivity contribution in [1.82, 2.24) is 20.4 Å². The molecule has 3 fully saturated rings. The van der Waals surface area contributed by atoms with E-state index < -0.39 is 0 Å². The van der Waals surface area contributed by atoms with Crippen LogP contribution >= 0.6 is 36.6 Å². The summed E-state index contributed by atoms with van der Waals surface area (Å²) in [5, 5.41) is 6.43. The zero-order valence-electron chi connectivity index (χ0n) is 13.9. The second-order valence-corrected chi connectivity index (χ2v) is 7.58. The van der Waals surface area contributed by atoms with Crippen molar-refractivity contribution < 1.29 is 9.59 Å². The average Bonchev–Trinajstić information content (AvgIpc) is 3.32. The number of carbonyl (C=O) groups is 2. The molecule has 0 radical (unpaired) electrons. The van der Waals surface area contributed by atoms with Crippen LogP contribution in [0.3, 0.4) is 0 Å². The van der Waals surface area contributed by atoms with Crippen LogP contribution in [0.1, 0.15) is 19.3 Å². The molecule has 1 unspecified atom stereocenters. The van der Waals surface area contributed by atoms with E-state index in [1.807, 2.05) is 16.7 Å². The van der Waals surface area contributed by atoms with Crippen LogP contribution in [0.15, 0.2) is 0 Å². The first-order valence-electron chi connectivity index (χ1n) is 8.31. The highest BCUT2D eigenvalue weighted by atomic mass is 35.5. The Kier molecular flexibility index (Phi) is 9.74. The van der Waals surface area contributed by atoms with Crippen LogP contribution in [0, 0.1) is 0 Å². The fourth-order valence-electron chi connectivity index (χ4n) is 2.95. The maximum atomic E-state index is 12.3. The number of piperazine rings is 1. The van der Waals surface area contributed by atoms with E-state index in [4.69, 9.17) is 0 Å². The van der Waals surface area contributed by atoms with Crippen molar-refractivity contribution in [2.24, 2.45) is 0 Å². The van der Waals surface area contributed by atoms with Gasteiger partial charge in [0.1, 0.15) is 0 Å². The van der Waals surface area contributed by atoms with Gasteiger partial charge in [0, 0.05) is 62.7 Å². The predicted molar refractivity (Wildman–Crippen MR) is 102 cm³/mol. The molecule has 9 heteroatoms. The summed E-state index contributed by atoms with van der Waals surface area (Å²) in [5.41, 5.74) is 0. The first-order valence-corrected chi connectivity index (χ1v) is 9.47. The molecular formula is C15H28Cl2N4O2S. The average molecular weight is 399 g/mol. The van der Waals surface area contributed by atoms with Crippen molar-refractivity contribution in [1.29, 1.82) is 0 Å². The molecule has 2 saturated heterocycles. The number of amides is 2. The van der Waals surface area contributed by atoms with Crippen LogP contribution in [-0.2, 0) is 9.59 Å². The Morgan fingerprint density at radius 1 is 1.12 bits per heavy atom. The van der Waals surface area contributed by atoms with E-state index in [-0.39, 0.29) is 36.6 Å². The molecule has 0 bridgehead atoms. The predicted octanol–water partition coefficient (Wildman–Crippen LogP) is 0.348. The minimum atomic E-state index is 0. The minimum Gasteiger partial charge on any atom is -0.352 e. The molecule has 6 nitrogen and oxygen atoms in total. The number of nitrogens with one attached hydrogen (secondary N) is 2. The summed E-state index contributed by atoms with van der Waals surface area (Å²) in [6.07, 6.45) is 2.86. The van der Waals surface area contributed by atoms with Crippen LogP contribution < -0.4 is 10.6 Å².